The zero-order chi connectivity index (χ0) is 15.6. The molecule has 0 aromatic heterocycles. The highest BCUT2D eigenvalue weighted by atomic mass is 16.5. The van der Waals surface area contributed by atoms with Crippen LogP contribution in [0.4, 0.5) is 0 Å². The molecule has 0 rings (SSSR count). The molecule has 0 unspecified atom stereocenters. The van der Waals surface area contributed by atoms with Crippen LogP contribution < -0.4 is 0 Å². The minimum Gasteiger partial charge on any atom is -0.480 e. The van der Waals surface area contributed by atoms with Crippen molar-refractivity contribution >= 4 is 11.9 Å². The molecule has 0 heterocycles. The Kier molecular flexibility index (Phi) is 5.56. The number of carboxylic acids is 1. The van der Waals surface area contributed by atoms with Crippen molar-refractivity contribution in [1.82, 2.24) is 4.90 Å². The van der Waals surface area contributed by atoms with Crippen molar-refractivity contribution in [3.8, 4) is 0 Å². The summed E-state index contributed by atoms with van der Waals surface area (Å²) in [5.74, 6) is -1.46. The number of carbonyl (C=O) groups is 2. The number of rotatable bonds is 4. The van der Waals surface area contributed by atoms with Gasteiger partial charge in [0.15, 0.2) is 0 Å². The zero-order valence-corrected chi connectivity index (χ0v) is 13.3. The van der Waals surface area contributed by atoms with Crippen LogP contribution >= 0.6 is 0 Å². The van der Waals surface area contributed by atoms with Gasteiger partial charge in [-0.1, -0.05) is 0 Å². The predicted molar refractivity (Wildman–Crippen MR) is 74.0 cm³/mol. The molecule has 0 fully saturated rings. The van der Waals surface area contributed by atoms with Crippen LogP contribution in [0.1, 0.15) is 55.4 Å². The van der Waals surface area contributed by atoms with Gasteiger partial charge in [-0.3, -0.25) is 14.5 Å². The van der Waals surface area contributed by atoms with Crippen LogP contribution in [0, 0.1) is 0 Å². The lowest BCUT2D eigenvalue weighted by Crippen LogP contribution is -2.63. The molecule has 0 bridgehead atoms. The molecule has 1 N–H and O–H groups in total. The number of hydrogen-bond donors (Lipinski definition) is 1. The van der Waals surface area contributed by atoms with Gasteiger partial charge in [-0.2, -0.15) is 0 Å². The Hall–Kier alpha value is -1.10. The van der Waals surface area contributed by atoms with Crippen molar-refractivity contribution < 1.29 is 19.4 Å². The summed E-state index contributed by atoms with van der Waals surface area (Å²) in [5, 5.41) is 9.52. The summed E-state index contributed by atoms with van der Waals surface area (Å²) in [4.78, 5) is 24.6. The fourth-order valence-electron chi connectivity index (χ4n) is 2.69. The van der Waals surface area contributed by atoms with Gasteiger partial charge >= 0.3 is 11.9 Å². The van der Waals surface area contributed by atoms with Gasteiger partial charge in [0.25, 0.3) is 0 Å². The Morgan fingerprint density at radius 1 is 1.05 bits per heavy atom. The van der Waals surface area contributed by atoms with Gasteiger partial charge in [-0.05, 0) is 48.5 Å². The quantitative estimate of drug-likeness (QED) is 0.796. The SMILES string of the molecule is CC(=O)O[C@H](C)[C@@H](C(=O)O)N(C(C)(C)C)C(C)(C)C. The second-order valence-corrected chi connectivity index (χ2v) is 6.81. The first-order valence-corrected chi connectivity index (χ1v) is 6.48. The molecule has 19 heavy (non-hydrogen) atoms. The van der Waals surface area contributed by atoms with Gasteiger partial charge in [-0.15, -0.1) is 0 Å². The molecule has 0 aliphatic rings. The van der Waals surface area contributed by atoms with Gasteiger partial charge in [0.2, 0.25) is 0 Å². The van der Waals surface area contributed by atoms with Crippen molar-refractivity contribution in [2.45, 2.75) is 78.6 Å². The summed E-state index contributed by atoms with van der Waals surface area (Å²) in [7, 11) is 0. The second kappa shape index (κ2) is 5.90. The van der Waals surface area contributed by atoms with E-state index in [1.807, 2.05) is 46.4 Å². The predicted octanol–water partition coefficient (Wildman–Crippen LogP) is 2.29. The lowest BCUT2D eigenvalue weighted by atomic mass is 9.91. The number of esters is 1. The van der Waals surface area contributed by atoms with Gasteiger partial charge < -0.3 is 9.84 Å². The molecule has 112 valence electrons. The summed E-state index contributed by atoms with van der Waals surface area (Å²) in [6, 6.07) is -0.885. The van der Waals surface area contributed by atoms with Gasteiger partial charge in [0.1, 0.15) is 12.1 Å². The molecule has 0 spiro atoms. The zero-order valence-electron chi connectivity index (χ0n) is 13.3. The minimum atomic E-state index is -0.987. The molecule has 0 aromatic rings. The third kappa shape index (κ3) is 5.19. The molecule has 0 saturated heterocycles. The van der Waals surface area contributed by atoms with Crippen molar-refractivity contribution in [1.29, 1.82) is 0 Å². The highest BCUT2D eigenvalue weighted by molar-refractivity contribution is 5.75. The van der Waals surface area contributed by atoms with Crippen molar-refractivity contribution in [2.75, 3.05) is 0 Å². The highest BCUT2D eigenvalue weighted by Crippen LogP contribution is 2.29. The number of carboxylic acid groups (broad SMARTS) is 1. The number of carbonyl (C=O) groups excluding carboxylic acids is 1. The van der Waals surface area contributed by atoms with E-state index in [4.69, 9.17) is 4.74 Å². The normalized spacial score (nSPS) is 16.1. The van der Waals surface area contributed by atoms with Crippen molar-refractivity contribution in [2.24, 2.45) is 0 Å². The van der Waals surface area contributed by atoms with E-state index in [9.17, 15) is 14.7 Å². The van der Waals surface area contributed by atoms with Crippen LogP contribution in [-0.2, 0) is 14.3 Å². The monoisotopic (exact) mass is 273 g/mol. The summed E-state index contributed by atoms with van der Waals surface area (Å²) in [6.07, 6.45) is -0.714. The standard InChI is InChI=1S/C14H27NO4/c1-9(19-10(2)16)11(12(17)18)15(13(3,4)5)14(6,7)8/h9,11H,1-8H3,(H,17,18)/t9-,11+/m1/s1. The van der Waals surface area contributed by atoms with Crippen molar-refractivity contribution in [3.05, 3.63) is 0 Å². The van der Waals surface area contributed by atoms with Crippen molar-refractivity contribution in [3.63, 3.8) is 0 Å². The molecule has 0 aliphatic carbocycles. The van der Waals surface area contributed by atoms with Crippen LogP contribution in [0.2, 0.25) is 0 Å². The van der Waals surface area contributed by atoms with Crippen LogP contribution in [0.3, 0.4) is 0 Å². The van der Waals surface area contributed by atoms with Crippen LogP contribution in [-0.4, -0.2) is 45.2 Å². The molecule has 5 heteroatoms. The van der Waals surface area contributed by atoms with E-state index in [2.05, 4.69) is 0 Å². The van der Waals surface area contributed by atoms with E-state index in [1.165, 1.54) is 6.92 Å². The number of aliphatic carboxylic acids is 1. The smallest absolute Gasteiger partial charge is 0.324 e. The van der Waals surface area contributed by atoms with Gasteiger partial charge in [-0.25, -0.2) is 0 Å². The molecular weight excluding hydrogens is 246 g/mol. The fraction of sp³-hybridized carbons (Fsp3) is 0.857. The van der Waals surface area contributed by atoms with E-state index in [0.717, 1.165) is 0 Å². The molecule has 0 aliphatic heterocycles. The first kappa shape index (κ1) is 17.9. The lowest BCUT2D eigenvalue weighted by molar-refractivity contribution is -0.166. The summed E-state index contributed by atoms with van der Waals surface area (Å²) in [6.45, 7) is 14.6. The first-order chi connectivity index (χ1) is 8.28. The summed E-state index contributed by atoms with van der Waals surface area (Å²) in [5.41, 5.74) is -0.731. The maximum absolute atomic E-state index is 11.6. The average Bonchev–Trinajstić information content (AvgIpc) is 2.07. The third-order valence-corrected chi connectivity index (χ3v) is 2.77. The largest absolute Gasteiger partial charge is 0.480 e. The fourth-order valence-corrected chi connectivity index (χ4v) is 2.69. The average molecular weight is 273 g/mol. The maximum atomic E-state index is 11.6. The molecule has 0 aromatic carbocycles. The molecule has 2 atom stereocenters. The second-order valence-electron chi connectivity index (χ2n) is 6.81. The third-order valence-electron chi connectivity index (χ3n) is 2.77. The minimum absolute atomic E-state index is 0.365. The van der Waals surface area contributed by atoms with Crippen LogP contribution in [0.25, 0.3) is 0 Å². The van der Waals surface area contributed by atoms with E-state index < -0.39 is 24.1 Å². The number of ether oxygens (including phenoxy) is 1. The van der Waals surface area contributed by atoms with E-state index in [0.29, 0.717) is 0 Å². The van der Waals surface area contributed by atoms with E-state index in [-0.39, 0.29) is 11.1 Å². The molecular formula is C14H27NO4. The Labute approximate surface area is 115 Å². The maximum Gasteiger partial charge on any atom is 0.324 e. The van der Waals surface area contributed by atoms with Gasteiger partial charge in [0, 0.05) is 18.0 Å². The molecule has 0 amide bonds. The summed E-state index contributed by atoms with van der Waals surface area (Å²) < 4.78 is 5.08. The Balaban J connectivity index is 5.55. The summed E-state index contributed by atoms with van der Waals surface area (Å²) >= 11 is 0. The molecule has 5 nitrogen and oxygen atoms in total. The van der Waals surface area contributed by atoms with Crippen LogP contribution in [0.15, 0.2) is 0 Å². The van der Waals surface area contributed by atoms with E-state index >= 15 is 0 Å². The Bertz CT molecular complexity index is 324. The molecule has 0 radical (unpaired) electrons. The molecule has 0 saturated carbocycles. The van der Waals surface area contributed by atoms with Crippen LogP contribution in [0.5, 0.6) is 0 Å². The van der Waals surface area contributed by atoms with Gasteiger partial charge in [0.05, 0.1) is 0 Å². The lowest BCUT2D eigenvalue weighted by Gasteiger charge is -2.49. The highest BCUT2D eigenvalue weighted by Gasteiger charge is 2.44. The Morgan fingerprint density at radius 3 is 1.63 bits per heavy atom. The number of nitrogens with zero attached hydrogens (tertiary/aromatic N) is 1. The van der Waals surface area contributed by atoms with E-state index in [1.54, 1.807) is 6.92 Å². The first-order valence-electron chi connectivity index (χ1n) is 6.48. The number of hydrogen-bond acceptors (Lipinski definition) is 4. The Morgan fingerprint density at radius 2 is 1.42 bits per heavy atom. The topological polar surface area (TPSA) is 66.8 Å².